The molecule has 0 aliphatic carbocycles. The van der Waals surface area contributed by atoms with Crippen molar-refractivity contribution in [2.75, 3.05) is 5.32 Å². The van der Waals surface area contributed by atoms with E-state index in [1.165, 1.54) is 36.7 Å². The van der Waals surface area contributed by atoms with Crippen molar-refractivity contribution in [3.63, 3.8) is 0 Å². The van der Waals surface area contributed by atoms with Gasteiger partial charge < -0.3 is 5.32 Å². The van der Waals surface area contributed by atoms with Crippen LogP contribution in [-0.2, 0) is 0 Å². The van der Waals surface area contributed by atoms with E-state index in [1.54, 1.807) is 0 Å². The molecule has 0 unspecified atom stereocenters. The number of amides is 1. The van der Waals surface area contributed by atoms with Crippen molar-refractivity contribution >= 4 is 29.0 Å². The zero-order chi connectivity index (χ0) is 13.8. The highest BCUT2D eigenvalue weighted by Crippen LogP contribution is 2.14. The van der Waals surface area contributed by atoms with Crippen LogP contribution in [0.3, 0.4) is 0 Å². The molecule has 0 aliphatic heterocycles. The number of nitro benzene ring substituents is 1. The number of carbonyl (C=O) groups excluding carboxylic acids is 1. The highest BCUT2D eigenvalue weighted by molar-refractivity contribution is 6.29. The van der Waals surface area contributed by atoms with E-state index in [0.29, 0.717) is 0 Å². The van der Waals surface area contributed by atoms with Gasteiger partial charge in [-0.25, -0.2) is 9.97 Å². The van der Waals surface area contributed by atoms with Crippen molar-refractivity contribution in [3.8, 4) is 0 Å². The predicted molar refractivity (Wildman–Crippen MR) is 68.1 cm³/mol. The van der Waals surface area contributed by atoms with Crippen LogP contribution in [0.25, 0.3) is 0 Å². The maximum absolute atomic E-state index is 11.8. The third-order valence-corrected chi connectivity index (χ3v) is 2.42. The van der Waals surface area contributed by atoms with Gasteiger partial charge in [0.15, 0.2) is 0 Å². The number of halogens is 1. The molecule has 1 amide bonds. The quantitative estimate of drug-likeness (QED) is 0.527. The Hall–Kier alpha value is -2.54. The first-order valence-electron chi connectivity index (χ1n) is 5.09. The van der Waals surface area contributed by atoms with Gasteiger partial charge in [-0.3, -0.25) is 14.9 Å². The van der Waals surface area contributed by atoms with E-state index in [-0.39, 0.29) is 22.2 Å². The third kappa shape index (κ3) is 3.23. The average Bonchev–Trinajstić information content (AvgIpc) is 2.39. The van der Waals surface area contributed by atoms with Crippen LogP contribution < -0.4 is 5.32 Å². The first-order chi connectivity index (χ1) is 9.06. The summed E-state index contributed by atoms with van der Waals surface area (Å²) in [5, 5.41) is 13.2. The molecule has 1 aromatic carbocycles. The fourth-order valence-electron chi connectivity index (χ4n) is 1.32. The second kappa shape index (κ2) is 5.40. The maximum atomic E-state index is 11.8. The van der Waals surface area contributed by atoms with Crippen LogP contribution in [-0.4, -0.2) is 20.8 Å². The molecule has 19 heavy (non-hydrogen) atoms. The van der Waals surface area contributed by atoms with Crippen molar-refractivity contribution < 1.29 is 9.72 Å². The summed E-state index contributed by atoms with van der Waals surface area (Å²) >= 11 is 5.65. The average molecular weight is 279 g/mol. The van der Waals surface area contributed by atoms with Crippen molar-refractivity contribution in [1.29, 1.82) is 0 Å². The molecular weight excluding hydrogens is 272 g/mol. The van der Waals surface area contributed by atoms with Gasteiger partial charge in [0.05, 0.1) is 4.92 Å². The number of hydrogen-bond acceptors (Lipinski definition) is 5. The molecule has 0 atom stereocenters. The lowest BCUT2D eigenvalue weighted by atomic mass is 10.2. The molecule has 0 aliphatic rings. The van der Waals surface area contributed by atoms with Gasteiger partial charge in [0.1, 0.15) is 17.3 Å². The highest BCUT2D eigenvalue weighted by atomic mass is 35.5. The lowest BCUT2D eigenvalue weighted by molar-refractivity contribution is -0.384. The number of rotatable bonds is 3. The highest BCUT2D eigenvalue weighted by Gasteiger charge is 2.10. The number of carbonyl (C=O) groups is 1. The normalized spacial score (nSPS) is 9.95. The fourth-order valence-corrected chi connectivity index (χ4v) is 1.47. The van der Waals surface area contributed by atoms with Crippen LogP contribution >= 0.6 is 11.6 Å². The van der Waals surface area contributed by atoms with Crippen LogP contribution in [0.4, 0.5) is 11.5 Å². The van der Waals surface area contributed by atoms with Crippen molar-refractivity contribution in [2.45, 2.75) is 0 Å². The van der Waals surface area contributed by atoms with Crippen LogP contribution in [0.2, 0.25) is 5.15 Å². The summed E-state index contributed by atoms with van der Waals surface area (Å²) in [6, 6.07) is 6.61. The summed E-state index contributed by atoms with van der Waals surface area (Å²) in [7, 11) is 0. The smallest absolute Gasteiger partial charge is 0.269 e. The molecule has 1 N–H and O–H groups in total. The Morgan fingerprint density at radius 2 is 1.95 bits per heavy atom. The summed E-state index contributed by atoms with van der Waals surface area (Å²) in [4.78, 5) is 29.3. The van der Waals surface area contributed by atoms with Crippen LogP contribution in [0.1, 0.15) is 10.4 Å². The van der Waals surface area contributed by atoms with Gasteiger partial charge in [0, 0.05) is 23.8 Å². The zero-order valence-electron chi connectivity index (χ0n) is 9.41. The Labute approximate surface area is 112 Å². The topological polar surface area (TPSA) is 98.0 Å². The minimum absolute atomic E-state index is 0.0818. The van der Waals surface area contributed by atoms with Gasteiger partial charge >= 0.3 is 0 Å². The Morgan fingerprint density at radius 1 is 1.26 bits per heavy atom. The number of nitrogens with one attached hydrogen (secondary N) is 1. The molecule has 1 aromatic heterocycles. The number of nitrogens with zero attached hydrogens (tertiary/aromatic N) is 3. The number of nitro groups is 1. The Balaban J connectivity index is 2.14. The van der Waals surface area contributed by atoms with Crippen LogP contribution in [0.5, 0.6) is 0 Å². The summed E-state index contributed by atoms with van der Waals surface area (Å²) in [5.41, 5.74) is 0.196. The molecule has 0 radical (unpaired) electrons. The second-order valence-electron chi connectivity index (χ2n) is 3.48. The van der Waals surface area contributed by atoms with Gasteiger partial charge in [0.25, 0.3) is 11.6 Å². The van der Waals surface area contributed by atoms with Crippen molar-refractivity contribution in [2.24, 2.45) is 0 Å². The molecule has 0 fully saturated rings. The minimum atomic E-state index is -0.536. The molecule has 2 rings (SSSR count). The third-order valence-electron chi connectivity index (χ3n) is 2.22. The van der Waals surface area contributed by atoms with Gasteiger partial charge in [-0.2, -0.15) is 0 Å². The maximum Gasteiger partial charge on any atom is 0.269 e. The molecule has 8 heteroatoms. The van der Waals surface area contributed by atoms with E-state index in [4.69, 9.17) is 11.6 Å². The SMILES string of the molecule is O=C(Nc1cc(Cl)ncn1)c1ccc([N+](=O)[O-])cc1. The lowest BCUT2D eigenvalue weighted by Crippen LogP contribution is -2.13. The largest absolute Gasteiger partial charge is 0.306 e. The fraction of sp³-hybridized carbons (Fsp3) is 0. The Morgan fingerprint density at radius 3 is 2.53 bits per heavy atom. The molecule has 0 spiro atoms. The van der Waals surface area contributed by atoms with E-state index in [1.807, 2.05) is 0 Å². The summed E-state index contributed by atoms with van der Waals surface area (Å²) < 4.78 is 0. The van der Waals surface area contributed by atoms with Gasteiger partial charge in [0.2, 0.25) is 0 Å². The zero-order valence-corrected chi connectivity index (χ0v) is 10.2. The summed E-state index contributed by atoms with van der Waals surface area (Å²) in [6.45, 7) is 0. The first kappa shape index (κ1) is 12.9. The molecule has 96 valence electrons. The van der Waals surface area contributed by atoms with E-state index in [9.17, 15) is 14.9 Å². The standard InChI is InChI=1S/C11H7ClN4O3/c12-9-5-10(14-6-13-9)15-11(17)7-1-3-8(4-2-7)16(18)19/h1-6H,(H,13,14,15,17). The Kier molecular flexibility index (Phi) is 3.67. The summed E-state index contributed by atoms with van der Waals surface area (Å²) in [6.07, 6.45) is 1.22. The minimum Gasteiger partial charge on any atom is -0.306 e. The van der Waals surface area contributed by atoms with E-state index < -0.39 is 10.8 Å². The van der Waals surface area contributed by atoms with Crippen LogP contribution in [0.15, 0.2) is 36.7 Å². The molecule has 0 bridgehead atoms. The van der Waals surface area contributed by atoms with Gasteiger partial charge in [-0.15, -0.1) is 0 Å². The van der Waals surface area contributed by atoms with Gasteiger partial charge in [-0.1, -0.05) is 11.6 Å². The molecule has 0 saturated heterocycles. The van der Waals surface area contributed by atoms with Crippen molar-refractivity contribution in [1.82, 2.24) is 9.97 Å². The predicted octanol–water partition coefficient (Wildman–Crippen LogP) is 2.29. The number of aromatic nitrogens is 2. The number of non-ortho nitro benzene ring substituents is 1. The molecule has 7 nitrogen and oxygen atoms in total. The lowest BCUT2D eigenvalue weighted by Gasteiger charge is -2.03. The summed E-state index contributed by atoms with van der Waals surface area (Å²) in [5.74, 6) is -0.187. The van der Waals surface area contributed by atoms with E-state index in [2.05, 4.69) is 15.3 Å². The molecular formula is C11H7ClN4O3. The number of hydrogen-bond donors (Lipinski definition) is 1. The van der Waals surface area contributed by atoms with E-state index in [0.717, 1.165) is 0 Å². The van der Waals surface area contributed by atoms with Crippen molar-refractivity contribution in [3.05, 3.63) is 57.5 Å². The molecule has 0 saturated carbocycles. The first-order valence-corrected chi connectivity index (χ1v) is 5.47. The number of anilines is 1. The molecule has 2 aromatic rings. The van der Waals surface area contributed by atoms with Crippen LogP contribution in [0, 0.1) is 10.1 Å². The van der Waals surface area contributed by atoms with E-state index >= 15 is 0 Å². The Bertz CT molecular complexity index is 630. The second-order valence-corrected chi connectivity index (χ2v) is 3.87. The number of benzene rings is 1. The monoisotopic (exact) mass is 278 g/mol. The molecule has 1 heterocycles. The van der Waals surface area contributed by atoms with Gasteiger partial charge in [-0.05, 0) is 12.1 Å².